The first kappa shape index (κ1) is 17.5. The van der Waals surface area contributed by atoms with Gasteiger partial charge < -0.3 is 4.90 Å². The van der Waals surface area contributed by atoms with Crippen LogP contribution >= 0.6 is 22.7 Å². The fraction of sp³-hybridized carbons (Fsp3) is 0.467. The number of thiophene rings is 1. The van der Waals surface area contributed by atoms with Gasteiger partial charge in [-0.15, -0.1) is 22.7 Å². The standard InChI is InChI=1S/C15H19N3O3S3/c1-11-3-4-15(23-11)24(20,21)18-7-5-17(6-8-18)14(19)9-13-10-22-12(2)16-13/h3-4,10H,5-9H2,1-2H3. The minimum atomic E-state index is -3.44. The Hall–Kier alpha value is -1.29. The molecule has 0 spiro atoms. The van der Waals surface area contributed by atoms with Gasteiger partial charge in [0.2, 0.25) is 5.91 Å². The summed E-state index contributed by atoms with van der Waals surface area (Å²) >= 11 is 2.81. The van der Waals surface area contributed by atoms with Crippen LogP contribution in [0.4, 0.5) is 0 Å². The van der Waals surface area contributed by atoms with Crippen molar-refractivity contribution in [2.45, 2.75) is 24.5 Å². The summed E-state index contributed by atoms with van der Waals surface area (Å²) in [5.41, 5.74) is 0.784. The molecule has 1 saturated heterocycles. The lowest BCUT2D eigenvalue weighted by Crippen LogP contribution is -2.50. The van der Waals surface area contributed by atoms with E-state index in [1.807, 2.05) is 25.3 Å². The Labute approximate surface area is 149 Å². The van der Waals surface area contributed by atoms with Gasteiger partial charge in [0.05, 0.1) is 17.1 Å². The Morgan fingerprint density at radius 3 is 2.46 bits per heavy atom. The van der Waals surface area contributed by atoms with E-state index in [4.69, 9.17) is 0 Å². The molecule has 1 aliphatic heterocycles. The lowest BCUT2D eigenvalue weighted by molar-refractivity contribution is -0.131. The number of aromatic nitrogens is 1. The zero-order valence-electron chi connectivity index (χ0n) is 13.6. The molecular weight excluding hydrogens is 366 g/mol. The normalized spacial score (nSPS) is 16.5. The van der Waals surface area contributed by atoms with Gasteiger partial charge in [-0.05, 0) is 26.0 Å². The zero-order chi connectivity index (χ0) is 17.3. The van der Waals surface area contributed by atoms with Gasteiger partial charge in [0.15, 0.2) is 0 Å². The van der Waals surface area contributed by atoms with E-state index in [0.29, 0.717) is 30.4 Å². The van der Waals surface area contributed by atoms with Crippen molar-refractivity contribution in [1.29, 1.82) is 0 Å². The van der Waals surface area contributed by atoms with Gasteiger partial charge in [-0.1, -0.05) is 0 Å². The Bertz CT molecular complexity index is 833. The minimum Gasteiger partial charge on any atom is -0.340 e. The second-order valence-electron chi connectivity index (χ2n) is 5.68. The topological polar surface area (TPSA) is 70.6 Å². The number of hydrogen-bond donors (Lipinski definition) is 0. The molecule has 0 N–H and O–H groups in total. The van der Waals surface area contributed by atoms with Crippen LogP contribution in [0.3, 0.4) is 0 Å². The van der Waals surface area contributed by atoms with Crippen LogP contribution in [0.1, 0.15) is 15.6 Å². The summed E-state index contributed by atoms with van der Waals surface area (Å²) in [4.78, 5) is 19.3. The van der Waals surface area contributed by atoms with Gasteiger partial charge >= 0.3 is 0 Å². The van der Waals surface area contributed by atoms with E-state index in [2.05, 4.69) is 4.98 Å². The summed E-state index contributed by atoms with van der Waals surface area (Å²) in [5.74, 6) is 0.00400. The molecule has 0 radical (unpaired) electrons. The first-order valence-corrected chi connectivity index (χ1v) is 10.8. The Balaban J connectivity index is 1.60. The largest absolute Gasteiger partial charge is 0.340 e. The van der Waals surface area contributed by atoms with Crippen molar-refractivity contribution in [3.63, 3.8) is 0 Å². The van der Waals surface area contributed by atoms with Crippen molar-refractivity contribution in [3.05, 3.63) is 33.1 Å². The lowest BCUT2D eigenvalue weighted by Gasteiger charge is -2.33. The number of thiazole rings is 1. The molecule has 1 amide bonds. The number of nitrogens with zero attached hydrogens (tertiary/aromatic N) is 3. The third-order valence-corrected chi connectivity index (χ3v) is 8.09. The summed E-state index contributed by atoms with van der Waals surface area (Å²) in [7, 11) is -3.44. The Morgan fingerprint density at radius 1 is 1.21 bits per heavy atom. The molecule has 1 fully saturated rings. The average molecular weight is 386 g/mol. The molecule has 3 rings (SSSR count). The number of carbonyl (C=O) groups excluding carboxylic acids is 1. The second kappa shape index (κ2) is 6.91. The van der Waals surface area contributed by atoms with Crippen LogP contribution in [0.15, 0.2) is 21.7 Å². The molecule has 2 aromatic heterocycles. The molecule has 0 aliphatic carbocycles. The molecule has 0 bridgehead atoms. The van der Waals surface area contributed by atoms with Crippen LogP contribution in [0, 0.1) is 13.8 Å². The second-order valence-corrected chi connectivity index (χ2v) is 10.2. The highest BCUT2D eigenvalue weighted by Crippen LogP contribution is 2.25. The van der Waals surface area contributed by atoms with E-state index in [1.165, 1.54) is 27.0 Å². The van der Waals surface area contributed by atoms with E-state index in [9.17, 15) is 13.2 Å². The first-order chi connectivity index (χ1) is 11.4. The Morgan fingerprint density at radius 2 is 1.92 bits per heavy atom. The number of piperazine rings is 1. The van der Waals surface area contributed by atoms with E-state index in [-0.39, 0.29) is 12.3 Å². The molecule has 3 heterocycles. The fourth-order valence-electron chi connectivity index (χ4n) is 2.61. The van der Waals surface area contributed by atoms with Crippen molar-refractivity contribution in [2.75, 3.05) is 26.2 Å². The molecule has 24 heavy (non-hydrogen) atoms. The third kappa shape index (κ3) is 3.69. The monoisotopic (exact) mass is 385 g/mol. The summed E-state index contributed by atoms with van der Waals surface area (Å²) in [6, 6.07) is 3.46. The number of hydrogen-bond acceptors (Lipinski definition) is 6. The maximum atomic E-state index is 12.6. The summed E-state index contributed by atoms with van der Waals surface area (Å²) in [6.07, 6.45) is 0.279. The van der Waals surface area contributed by atoms with E-state index < -0.39 is 10.0 Å². The van der Waals surface area contributed by atoms with Crippen LogP contribution in [0.2, 0.25) is 0 Å². The average Bonchev–Trinajstić information content (AvgIpc) is 3.16. The van der Waals surface area contributed by atoms with Crippen molar-refractivity contribution in [3.8, 4) is 0 Å². The zero-order valence-corrected chi connectivity index (χ0v) is 16.0. The molecule has 6 nitrogen and oxygen atoms in total. The number of sulfonamides is 1. The molecule has 0 aromatic carbocycles. The van der Waals surface area contributed by atoms with Gasteiger partial charge in [0, 0.05) is 36.4 Å². The molecule has 1 aliphatic rings. The van der Waals surface area contributed by atoms with Crippen LogP contribution in [-0.4, -0.2) is 54.7 Å². The fourth-order valence-corrected chi connectivity index (χ4v) is 6.08. The number of rotatable bonds is 4. The van der Waals surface area contributed by atoms with Gasteiger partial charge in [0.1, 0.15) is 4.21 Å². The van der Waals surface area contributed by atoms with Crippen LogP contribution in [0.25, 0.3) is 0 Å². The highest BCUT2D eigenvalue weighted by molar-refractivity contribution is 7.91. The third-order valence-electron chi connectivity index (χ3n) is 3.90. The van der Waals surface area contributed by atoms with E-state index in [0.717, 1.165) is 15.6 Å². The van der Waals surface area contributed by atoms with Gasteiger partial charge in [0.25, 0.3) is 10.0 Å². The highest BCUT2D eigenvalue weighted by Gasteiger charge is 2.31. The number of aryl methyl sites for hydroxylation is 2. The van der Waals surface area contributed by atoms with Gasteiger partial charge in [-0.2, -0.15) is 4.31 Å². The first-order valence-electron chi connectivity index (χ1n) is 7.61. The lowest BCUT2D eigenvalue weighted by atomic mass is 10.2. The molecule has 0 unspecified atom stereocenters. The van der Waals surface area contributed by atoms with Gasteiger partial charge in [-0.25, -0.2) is 13.4 Å². The molecule has 0 atom stereocenters. The summed E-state index contributed by atoms with van der Waals surface area (Å²) < 4.78 is 27.0. The predicted octanol–water partition coefficient (Wildman–Crippen LogP) is 1.90. The van der Waals surface area contributed by atoms with Crippen molar-refractivity contribution < 1.29 is 13.2 Å². The molecule has 130 valence electrons. The maximum Gasteiger partial charge on any atom is 0.252 e. The number of amides is 1. The smallest absolute Gasteiger partial charge is 0.252 e. The molecular formula is C15H19N3O3S3. The SMILES string of the molecule is Cc1ccc(S(=O)(=O)N2CCN(C(=O)Cc3csc(C)n3)CC2)s1. The predicted molar refractivity (Wildman–Crippen MR) is 94.9 cm³/mol. The van der Waals surface area contributed by atoms with Crippen molar-refractivity contribution in [2.24, 2.45) is 0 Å². The highest BCUT2D eigenvalue weighted by atomic mass is 32.2. The van der Waals surface area contributed by atoms with Crippen LogP contribution in [0.5, 0.6) is 0 Å². The van der Waals surface area contributed by atoms with Gasteiger partial charge in [-0.3, -0.25) is 4.79 Å². The van der Waals surface area contributed by atoms with Crippen LogP contribution < -0.4 is 0 Å². The quantitative estimate of drug-likeness (QED) is 0.806. The van der Waals surface area contributed by atoms with Crippen LogP contribution in [-0.2, 0) is 21.2 Å². The molecule has 0 saturated carbocycles. The van der Waals surface area contributed by atoms with Crippen molar-refractivity contribution in [1.82, 2.24) is 14.2 Å². The minimum absolute atomic E-state index is 0.00400. The van der Waals surface area contributed by atoms with E-state index in [1.54, 1.807) is 11.0 Å². The van der Waals surface area contributed by atoms with Crippen molar-refractivity contribution >= 4 is 38.6 Å². The maximum absolute atomic E-state index is 12.6. The molecule has 2 aromatic rings. The Kier molecular flexibility index (Phi) is 5.05. The molecule has 9 heteroatoms. The van der Waals surface area contributed by atoms with E-state index >= 15 is 0 Å². The number of carbonyl (C=O) groups is 1. The summed E-state index contributed by atoms with van der Waals surface area (Å²) in [5, 5.41) is 2.84. The summed E-state index contributed by atoms with van der Waals surface area (Å²) in [6.45, 7) is 5.31.